The molecule has 1 aliphatic heterocycles. The van der Waals surface area contributed by atoms with E-state index in [9.17, 15) is 14.0 Å². The second-order valence-electron chi connectivity index (χ2n) is 5.80. The lowest BCUT2D eigenvalue weighted by Gasteiger charge is -2.17. The number of hydrogen-bond acceptors (Lipinski definition) is 2. The van der Waals surface area contributed by atoms with Gasteiger partial charge in [-0.1, -0.05) is 28.1 Å². The SMILES string of the molecule is O=C(Nc1ccc(F)cc1)[C@H]1CC(=O)N(Cc2cccc(Br)c2)C1. The molecule has 0 saturated carbocycles. The van der Waals surface area contributed by atoms with Crippen molar-refractivity contribution in [2.75, 3.05) is 11.9 Å². The van der Waals surface area contributed by atoms with Crippen molar-refractivity contribution in [1.82, 2.24) is 4.90 Å². The maximum atomic E-state index is 12.9. The number of hydrogen-bond donors (Lipinski definition) is 1. The lowest BCUT2D eigenvalue weighted by molar-refractivity contribution is -0.128. The summed E-state index contributed by atoms with van der Waals surface area (Å²) >= 11 is 3.41. The molecule has 1 fully saturated rings. The third-order valence-electron chi connectivity index (χ3n) is 3.96. The third-order valence-corrected chi connectivity index (χ3v) is 4.45. The number of nitrogens with zero attached hydrogens (tertiary/aromatic N) is 1. The number of amides is 2. The van der Waals surface area contributed by atoms with Gasteiger partial charge in [-0.3, -0.25) is 9.59 Å². The van der Waals surface area contributed by atoms with Crippen LogP contribution in [0.2, 0.25) is 0 Å². The van der Waals surface area contributed by atoms with Crippen LogP contribution in [0.25, 0.3) is 0 Å². The molecule has 3 rings (SSSR count). The van der Waals surface area contributed by atoms with Crippen molar-refractivity contribution in [2.24, 2.45) is 5.92 Å². The van der Waals surface area contributed by atoms with Gasteiger partial charge in [0.25, 0.3) is 0 Å². The summed E-state index contributed by atoms with van der Waals surface area (Å²) in [6.07, 6.45) is 0.195. The molecule has 1 saturated heterocycles. The molecule has 2 aromatic rings. The summed E-state index contributed by atoms with van der Waals surface area (Å²) in [5, 5.41) is 2.73. The highest BCUT2D eigenvalue weighted by molar-refractivity contribution is 9.10. The molecule has 2 amide bonds. The smallest absolute Gasteiger partial charge is 0.229 e. The van der Waals surface area contributed by atoms with E-state index in [1.807, 2.05) is 24.3 Å². The van der Waals surface area contributed by atoms with E-state index in [0.717, 1.165) is 10.0 Å². The fraction of sp³-hybridized carbons (Fsp3) is 0.222. The summed E-state index contributed by atoms with van der Waals surface area (Å²) in [5.74, 6) is -1.00. The van der Waals surface area contributed by atoms with E-state index in [4.69, 9.17) is 0 Å². The molecule has 1 N–H and O–H groups in total. The molecule has 2 aromatic carbocycles. The van der Waals surface area contributed by atoms with Crippen LogP contribution < -0.4 is 5.32 Å². The molecule has 6 heteroatoms. The quantitative estimate of drug-likeness (QED) is 0.867. The summed E-state index contributed by atoms with van der Waals surface area (Å²) in [7, 11) is 0. The zero-order valence-electron chi connectivity index (χ0n) is 12.8. The van der Waals surface area contributed by atoms with Crippen molar-refractivity contribution in [3.8, 4) is 0 Å². The van der Waals surface area contributed by atoms with Gasteiger partial charge in [-0.05, 0) is 42.0 Å². The van der Waals surface area contributed by atoms with E-state index in [0.29, 0.717) is 18.8 Å². The summed E-state index contributed by atoms with van der Waals surface area (Å²) in [4.78, 5) is 26.2. The van der Waals surface area contributed by atoms with E-state index in [2.05, 4.69) is 21.2 Å². The first kappa shape index (κ1) is 16.6. The van der Waals surface area contributed by atoms with Gasteiger partial charge in [0.15, 0.2) is 0 Å². The summed E-state index contributed by atoms with van der Waals surface area (Å²) in [5.41, 5.74) is 1.54. The monoisotopic (exact) mass is 390 g/mol. The van der Waals surface area contributed by atoms with Crippen LogP contribution in [0.4, 0.5) is 10.1 Å². The maximum absolute atomic E-state index is 12.9. The first-order valence-electron chi connectivity index (χ1n) is 7.60. The third kappa shape index (κ3) is 4.00. The molecule has 4 nitrogen and oxygen atoms in total. The average Bonchev–Trinajstić information content (AvgIpc) is 2.91. The predicted octanol–water partition coefficient (Wildman–Crippen LogP) is 3.58. The van der Waals surface area contributed by atoms with Gasteiger partial charge in [0.05, 0.1) is 5.92 Å². The Labute approximate surface area is 147 Å². The maximum Gasteiger partial charge on any atom is 0.229 e. The van der Waals surface area contributed by atoms with Crippen molar-refractivity contribution < 1.29 is 14.0 Å². The van der Waals surface area contributed by atoms with Crippen LogP contribution in [-0.2, 0) is 16.1 Å². The number of nitrogens with one attached hydrogen (secondary N) is 1. The van der Waals surface area contributed by atoms with Crippen LogP contribution in [0.5, 0.6) is 0 Å². The molecule has 0 aromatic heterocycles. The first-order valence-corrected chi connectivity index (χ1v) is 8.39. The van der Waals surface area contributed by atoms with Crippen LogP contribution in [-0.4, -0.2) is 23.3 Å². The largest absolute Gasteiger partial charge is 0.338 e. The molecule has 1 atom stereocenters. The molecular formula is C18H16BrFN2O2. The van der Waals surface area contributed by atoms with E-state index in [1.54, 1.807) is 4.90 Å². The van der Waals surface area contributed by atoms with E-state index >= 15 is 0 Å². The number of anilines is 1. The summed E-state index contributed by atoms with van der Waals surface area (Å²) < 4.78 is 13.9. The average molecular weight is 391 g/mol. The number of rotatable bonds is 4. The Balaban J connectivity index is 1.61. The zero-order valence-corrected chi connectivity index (χ0v) is 14.4. The molecular weight excluding hydrogens is 375 g/mol. The highest BCUT2D eigenvalue weighted by Crippen LogP contribution is 2.23. The molecule has 24 heavy (non-hydrogen) atoms. The lowest BCUT2D eigenvalue weighted by Crippen LogP contribution is -2.28. The Hall–Kier alpha value is -2.21. The minimum atomic E-state index is -0.394. The minimum absolute atomic E-state index is 0.0331. The molecule has 0 radical (unpaired) electrons. The van der Waals surface area contributed by atoms with Gasteiger partial charge < -0.3 is 10.2 Å². The zero-order chi connectivity index (χ0) is 17.1. The predicted molar refractivity (Wildman–Crippen MR) is 92.7 cm³/mol. The van der Waals surface area contributed by atoms with Crippen molar-refractivity contribution in [2.45, 2.75) is 13.0 Å². The molecule has 124 valence electrons. The van der Waals surface area contributed by atoms with E-state index < -0.39 is 5.92 Å². The Morgan fingerprint density at radius 1 is 1.25 bits per heavy atom. The molecule has 1 aliphatic rings. The first-order chi connectivity index (χ1) is 11.5. The van der Waals surface area contributed by atoms with Gasteiger partial charge in [0, 0.05) is 29.7 Å². The van der Waals surface area contributed by atoms with Crippen molar-refractivity contribution in [3.05, 3.63) is 64.4 Å². The number of carbonyl (C=O) groups is 2. The highest BCUT2D eigenvalue weighted by atomic mass is 79.9. The van der Waals surface area contributed by atoms with Crippen LogP contribution in [0.1, 0.15) is 12.0 Å². The molecule has 0 bridgehead atoms. The van der Waals surface area contributed by atoms with E-state index in [-0.39, 0.29) is 24.1 Å². The fourth-order valence-electron chi connectivity index (χ4n) is 2.73. The normalized spacial score (nSPS) is 17.2. The van der Waals surface area contributed by atoms with Crippen LogP contribution in [0, 0.1) is 11.7 Å². The van der Waals surface area contributed by atoms with E-state index in [1.165, 1.54) is 24.3 Å². The second-order valence-corrected chi connectivity index (χ2v) is 6.72. The lowest BCUT2D eigenvalue weighted by atomic mass is 10.1. The number of likely N-dealkylation sites (tertiary alicyclic amines) is 1. The Morgan fingerprint density at radius 3 is 2.71 bits per heavy atom. The van der Waals surface area contributed by atoms with Gasteiger partial charge in [-0.25, -0.2) is 4.39 Å². The minimum Gasteiger partial charge on any atom is -0.338 e. The molecule has 1 heterocycles. The van der Waals surface area contributed by atoms with Gasteiger partial charge >= 0.3 is 0 Å². The summed E-state index contributed by atoms with van der Waals surface area (Å²) in [6.45, 7) is 0.872. The van der Waals surface area contributed by atoms with Gasteiger partial charge in [0.2, 0.25) is 11.8 Å². The Bertz CT molecular complexity index is 764. The van der Waals surface area contributed by atoms with Gasteiger partial charge in [-0.2, -0.15) is 0 Å². The Morgan fingerprint density at radius 2 is 2.00 bits per heavy atom. The van der Waals surface area contributed by atoms with Gasteiger partial charge in [-0.15, -0.1) is 0 Å². The van der Waals surface area contributed by atoms with Crippen molar-refractivity contribution in [1.29, 1.82) is 0 Å². The standard InChI is InChI=1S/C18H16BrFN2O2/c19-14-3-1-2-12(8-14)10-22-11-13(9-17(22)23)18(24)21-16-6-4-15(20)5-7-16/h1-8,13H,9-11H2,(H,21,24)/t13-/m0/s1. The summed E-state index contributed by atoms with van der Waals surface area (Å²) in [6, 6.07) is 13.3. The van der Waals surface area contributed by atoms with Crippen LogP contribution in [0.3, 0.4) is 0 Å². The Kier molecular flexibility index (Phi) is 4.94. The molecule has 0 aliphatic carbocycles. The number of halogens is 2. The number of carbonyl (C=O) groups excluding carboxylic acids is 2. The van der Waals surface area contributed by atoms with Crippen molar-refractivity contribution >= 4 is 33.4 Å². The molecule has 0 unspecified atom stereocenters. The highest BCUT2D eigenvalue weighted by Gasteiger charge is 2.34. The van der Waals surface area contributed by atoms with Crippen LogP contribution >= 0.6 is 15.9 Å². The fourth-order valence-corrected chi connectivity index (χ4v) is 3.18. The number of benzene rings is 2. The van der Waals surface area contributed by atoms with Gasteiger partial charge in [0.1, 0.15) is 5.82 Å². The van der Waals surface area contributed by atoms with Crippen molar-refractivity contribution in [3.63, 3.8) is 0 Å². The molecule has 0 spiro atoms. The second kappa shape index (κ2) is 7.13. The topological polar surface area (TPSA) is 49.4 Å². The van der Waals surface area contributed by atoms with Crippen LogP contribution in [0.15, 0.2) is 53.0 Å².